The Morgan fingerprint density at radius 1 is 1.20 bits per heavy atom. The van der Waals surface area contributed by atoms with E-state index in [0.717, 1.165) is 11.8 Å². The summed E-state index contributed by atoms with van der Waals surface area (Å²) in [7, 11) is 0. The highest BCUT2D eigenvalue weighted by Crippen LogP contribution is 2.36. The van der Waals surface area contributed by atoms with Crippen molar-refractivity contribution in [2.75, 3.05) is 6.54 Å². The molecule has 0 heterocycles. The zero-order valence-electron chi connectivity index (χ0n) is 8.00. The molecule has 1 aromatic carbocycles. The van der Waals surface area contributed by atoms with Crippen LogP contribution in [-0.2, 0) is 0 Å². The molecule has 1 unspecified atom stereocenters. The van der Waals surface area contributed by atoms with Crippen LogP contribution in [0, 0.1) is 0 Å². The predicted molar refractivity (Wildman–Crippen MR) is 55.8 cm³/mol. The van der Waals surface area contributed by atoms with Crippen molar-refractivity contribution in [2.45, 2.75) is 22.7 Å². The molecular weight excluding hydrogens is 223 g/mol. The molecule has 0 aliphatic heterocycles. The molecule has 0 aromatic heterocycles. The number of thioether (sulfide) groups is 1. The summed E-state index contributed by atoms with van der Waals surface area (Å²) in [4.78, 5) is 0.619. The average molecular weight is 235 g/mol. The van der Waals surface area contributed by atoms with Gasteiger partial charge in [0, 0.05) is 4.90 Å². The zero-order chi connectivity index (χ0) is 11.3. The number of rotatable bonds is 4. The minimum absolute atomic E-state index is 0.0456. The van der Waals surface area contributed by atoms with Crippen molar-refractivity contribution in [1.82, 2.24) is 0 Å². The van der Waals surface area contributed by atoms with E-state index in [1.54, 1.807) is 30.3 Å². The third kappa shape index (κ3) is 4.13. The first-order chi connectivity index (χ1) is 7.04. The lowest BCUT2D eigenvalue weighted by Gasteiger charge is -2.18. The number of halogens is 3. The van der Waals surface area contributed by atoms with Gasteiger partial charge in [-0.1, -0.05) is 18.2 Å². The molecule has 1 rings (SSSR count). The lowest BCUT2D eigenvalue weighted by atomic mass is 10.3. The molecule has 0 bridgehead atoms. The maximum atomic E-state index is 12.5. The van der Waals surface area contributed by atoms with E-state index < -0.39 is 11.4 Å². The fraction of sp³-hybridized carbons (Fsp3) is 0.400. The minimum Gasteiger partial charge on any atom is -0.330 e. The van der Waals surface area contributed by atoms with E-state index in [2.05, 4.69) is 0 Å². The molecule has 1 atom stereocenters. The Kier molecular flexibility index (Phi) is 4.47. The van der Waals surface area contributed by atoms with Gasteiger partial charge in [-0.05, 0) is 25.1 Å². The molecule has 0 aliphatic rings. The van der Waals surface area contributed by atoms with Gasteiger partial charge in [-0.15, -0.1) is 11.8 Å². The first kappa shape index (κ1) is 12.4. The van der Waals surface area contributed by atoms with E-state index in [4.69, 9.17) is 5.73 Å². The molecule has 15 heavy (non-hydrogen) atoms. The molecule has 5 heteroatoms. The van der Waals surface area contributed by atoms with Crippen LogP contribution in [0.3, 0.4) is 0 Å². The fourth-order valence-corrected chi connectivity index (χ4v) is 2.13. The first-order valence-corrected chi connectivity index (χ1v) is 5.40. The number of hydrogen-bond donors (Lipinski definition) is 1. The first-order valence-electron chi connectivity index (χ1n) is 4.52. The van der Waals surface area contributed by atoms with Crippen LogP contribution in [0.5, 0.6) is 0 Å². The zero-order valence-corrected chi connectivity index (χ0v) is 8.81. The smallest absolute Gasteiger partial charge is 0.330 e. The van der Waals surface area contributed by atoms with Crippen LogP contribution in [0.4, 0.5) is 13.2 Å². The van der Waals surface area contributed by atoms with Gasteiger partial charge in [0.2, 0.25) is 0 Å². The van der Waals surface area contributed by atoms with E-state index in [0.29, 0.717) is 4.90 Å². The van der Waals surface area contributed by atoms with Crippen molar-refractivity contribution in [3.8, 4) is 0 Å². The van der Waals surface area contributed by atoms with Crippen LogP contribution in [0.15, 0.2) is 35.2 Å². The Balaban J connectivity index is 2.67. The summed E-state index contributed by atoms with van der Waals surface area (Å²) < 4.78 is 37.5. The Morgan fingerprint density at radius 2 is 1.80 bits per heavy atom. The van der Waals surface area contributed by atoms with E-state index in [9.17, 15) is 13.2 Å². The van der Waals surface area contributed by atoms with E-state index >= 15 is 0 Å². The van der Waals surface area contributed by atoms with Crippen molar-refractivity contribution in [2.24, 2.45) is 5.73 Å². The van der Waals surface area contributed by atoms with Gasteiger partial charge in [-0.3, -0.25) is 0 Å². The lowest BCUT2D eigenvalue weighted by Crippen LogP contribution is -2.28. The van der Waals surface area contributed by atoms with E-state index in [1.165, 1.54) is 0 Å². The molecule has 2 N–H and O–H groups in total. The van der Waals surface area contributed by atoms with Crippen molar-refractivity contribution in [1.29, 1.82) is 0 Å². The minimum atomic E-state index is -4.19. The highest BCUT2D eigenvalue weighted by molar-refractivity contribution is 8.00. The third-order valence-corrected chi connectivity index (χ3v) is 3.15. The summed E-state index contributed by atoms with van der Waals surface area (Å²) in [5.41, 5.74) is 5.17. The number of benzene rings is 1. The highest BCUT2D eigenvalue weighted by atomic mass is 32.2. The SMILES string of the molecule is NCCC(Sc1ccccc1)C(F)(F)F. The van der Waals surface area contributed by atoms with Gasteiger partial charge >= 0.3 is 6.18 Å². The van der Waals surface area contributed by atoms with Gasteiger partial charge in [0.05, 0.1) is 0 Å². The van der Waals surface area contributed by atoms with Crippen LogP contribution in [0.1, 0.15) is 6.42 Å². The largest absolute Gasteiger partial charge is 0.400 e. The van der Waals surface area contributed by atoms with Gasteiger partial charge < -0.3 is 5.73 Å². The number of nitrogens with two attached hydrogens (primary N) is 1. The van der Waals surface area contributed by atoms with Crippen molar-refractivity contribution in [3.05, 3.63) is 30.3 Å². The Hall–Kier alpha value is -0.680. The molecule has 84 valence electrons. The van der Waals surface area contributed by atoms with Crippen molar-refractivity contribution < 1.29 is 13.2 Å². The van der Waals surface area contributed by atoms with Gasteiger partial charge in [0.1, 0.15) is 5.25 Å². The molecule has 0 amide bonds. The molecule has 0 saturated heterocycles. The summed E-state index contributed by atoms with van der Waals surface area (Å²) in [6.07, 6.45) is -4.25. The lowest BCUT2D eigenvalue weighted by molar-refractivity contribution is -0.129. The van der Waals surface area contributed by atoms with Crippen LogP contribution in [0.2, 0.25) is 0 Å². The van der Waals surface area contributed by atoms with Crippen LogP contribution >= 0.6 is 11.8 Å². The molecule has 1 nitrogen and oxygen atoms in total. The molecule has 0 aliphatic carbocycles. The van der Waals surface area contributed by atoms with Gasteiger partial charge in [0.25, 0.3) is 0 Å². The van der Waals surface area contributed by atoms with Crippen molar-refractivity contribution in [3.63, 3.8) is 0 Å². The summed E-state index contributed by atoms with van der Waals surface area (Å²) in [6.45, 7) is 0.0456. The molecule has 0 spiro atoms. The maximum absolute atomic E-state index is 12.5. The summed E-state index contributed by atoms with van der Waals surface area (Å²) in [5, 5.41) is -1.41. The van der Waals surface area contributed by atoms with Gasteiger partial charge in [0.15, 0.2) is 0 Å². The van der Waals surface area contributed by atoms with Crippen LogP contribution in [0.25, 0.3) is 0 Å². The van der Waals surface area contributed by atoms with E-state index in [-0.39, 0.29) is 13.0 Å². The quantitative estimate of drug-likeness (QED) is 0.812. The fourth-order valence-electron chi connectivity index (χ4n) is 1.10. The molecule has 0 radical (unpaired) electrons. The Bertz CT molecular complexity index is 286. The van der Waals surface area contributed by atoms with E-state index in [1.807, 2.05) is 0 Å². The number of alkyl halides is 3. The van der Waals surface area contributed by atoms with Gasteiger partial charge in [-0.25, -0.2) is 0 Å². The van der Waals surface area contributed by atoms with Crippen LogP contribution < -0.4 is 5.73 Å². The predicted octanol–water partition coefficient (Wildman–Crippen LogP) is 3.06. The normalized spacial score (nSPS) is 13.9. The van der Waals surface area contributed by atoms with Crippen molar-refractivity contribution >= 4 is 11.8 Å². The Labute approximate surface area is 90.9 Å². The second kappa shape index (κ2) is 5.42. The van der Waals surface area contributed by atoms with Crippen LogP contribution in [-0.4, -0.2) is 18.0 Å². The highest BCUT2D eigenvalue weighted by Gasteiger charge is 2.39. The monoisotopic (exact) mass is 235 g/mol. The standard InChI is InChI=1S/C10H12F3NS/c11-10(12,13)9(6-7-14)15-8-4-2-1-3-5-8/h1-5,9H,6-7,14H2. The Morgan fingerprint density at radius 3 is 2.27 bits per heavy atom. The second-order valence-corrected chi connectivity index (χ2v) is 4.31. The summed E-state index contributed by atoms with van der Waals surface area (Å²) in [5.74, 6) is 0. The molecular formula is C10H12F3NS. The molecule has 0 saturated carbocycles. The molecule has 1 aromatic rings. The van der Waals surface area contributed by atoms with Gasteiger partial charge in [-0.2, -0.15) is 13.2 Å². The average Bonchev–Trinajstić information content (AvgIpc) is 2.17. The molecule has 0 fully saturated rings. The maximum Gasteiger partial charge on any atom is 0.400 e. The topological polar surface area (TPSA) is 26.0 Å². The summed E-state index contributed by atoms with van der Waals surface area (Å²) >= 11 is 0.815. The summed E-state index contributed by atoms with van der Waals surface area (Å²) in [6, 6.07) is 8.55. The second-order valence-electron chi connectivity index (χ2n) is 3.04. The third-order valence-electron chi connectivity index (χ3n) is 1.82. The number of hydrogen-bond acceptors (Lipinski definition) is 2.